The van der Waals surface area contributed by atoms with Gasteiger partial charge in [-0.1, -0.05) is 14.9 Å². The third-order valence-corrected chi connectivity index (χ3v) is 2.71. The molecule has 0 saturated carbocycles. The number of hydrogen-bond acceptors (Lipinski definition) is 3. The van der Waals surface area contributed by atoms with Gasteiger partial charge in [0.2, 0.25) is 0 Å². The number of nitrogens with zero attached hydrogens (tertiary/aromatic N) is 1. The van der Waals surface area contributed by atoms with Gasteiger partial charge in [0.15, 0.2) is 5.78 Å². The van der Waals surface area contributed by atoms with Crippen LogP contribution < -0.4 is 4.74 Å². The van der Waals surface area contributed by atoms with Crippen LogP contribution in [0, 0.1) is 5.82 Å². The standard InChI is InChI=1S/C16H16FNO2.2CH4/c1-18(2)11-20-15-9-5-13(6-10-15)16(19)12-3-7-14(17)8-4-12;;/h3-10H,11H2,1-2H3;2*1H4. The van der Waals surface area contributed by atoms with E-state index in [1.54, 1.807) is 24.3 Å². The maximum absolute atomic E-state index is 12.8. The summed E-state index contributed by atoms with van der Waals surface area (Å²) in [7, 11) is 3.82. The predicted octanol–water partition coefficient (Wildman–Crippen LogP) is 4.23. The van der Waals surface area contributed by atoms with Crippen LogP contribution in [-0.4, -0.2) is 31.5 Å². The van der Waals surface area contributed by atoms with Gasteiger partial charge in [0, 0.05) is 11.1 Å². The molecular weight excluding hydrogens is 281 g/mol. The Balaban J connectivity index is 0.00000220. The molecule has 0 N–H and O–H groups in total. The van der Waals surface area contributed by atoms with E-state index in [2.05, 4.69) is 0 Å². The molecule has 22 heavy (non-hydrogen) atoms. The largest absolute Gasteiger partial charge is 0.478 e. The molecule has 2 aromatic rings. The number of ether oxygens (including phenoxy) is 1. The molecule has 0 aromatic heterocycles. The van der Waals surface area contributed by atoms with Crippen molar-refractivity contribution in [3.63, 3.8) is 0 Å². The van der Waals surface area contributed by atoms with Crippen LogP contribution in [0.2, 0.25) is 0 Å². The molecule has 3 nitrogen and oxygen atoms in total. The van der Waals surface area contributed by atoms with Gasteiger partial charge >= 0.3 is 0 Å². The van der Waals surface area contributed by atoms with Gasteiger partial charge in [-0.3, -0.25) is 9.69 Å². The van der Waals surface area contributed by atoms with E-state index in [4.69, 9.17) is 4.74 Å². The summed E-state index contributed by atoms with van der Waals surface area (Å²) in [6.45, 7) is 0.477. The van der Waals surface area contributed by atoms with Crippen LogP contribution >= 0.6 is 0 Å². The second-order valence-electron chi connectivity index (χ2n) is 4.71. The summed E-state index contributed by atoms with van der Waals surface area (Å²) >= 11 is 0. The highest BCUT2D eigenvalue weighted by Crippen LogP contribution is 2.16. The monoisotopic (exact) mass is 305 g/mol. The Morgan fingerprint density at radius 1 is 0.955 bits per heavy atom. The number of rotatable bonds is 5. The lowest BCUT2D eigenvalue weighted by molar-refractivity contribution is 0.103. The van der Waals surface area contributed by atoms with Gasteiger partial charge < -0.3 is 4.74 Å². The summed E-state index contributed by atoms with van der Waals surface area (Å²) in [5, 5.41) is 0. The molecule has 120 valence electrons. The molecule has 0 fully saturated rings. The van der Waals surface area contributed by atoms with Crippen LogP contribution in [0.1, 0.15) is 30.8 Å². The zero-order chi connectivity index (χ0) is 14.5. The van der Waals surface area contributed by atoms with E-state index < -0.39 is 0 Å². The maximum Gasteiger partial charge on any atom is 0.193 e. The average Bonchev–Trinajstić information content (AvgIpc) is 2.46. The summed E-state index contributed by atoms with van der Waals surface area (Å²) in [5.74, 6) is 0.215. The Bertz CT molecular complexity index is 577. The Morgan fingerprint density at radius 3 is 1.86 bits per heavy atom. The number of halogens is 1. The van der Waals surface area contributed by atoms with Gasteiger partial charge in [-0.2, -0.15) is 0 Å². The lowest BCUT2D eigenvalue weighted by Gasteiger charge is -2.11. The topological polar surface area (TPSA) is 29.5 Å². The predicted molar refractivity (Wildman–Crippen MR) is 88.9 cm³/mol. The van der Waals surface area contributed by atoms with Gasteiger partial charge in [-0.15, -0.1) is 0 Å². The summed E-state index contributed by atoms with van der Waals surface area (Å²) in [5.41, 5.74) is 1.02. The van der Waals surface area contributed by atoms with E-state index in [9.17, 15) is 9.18 Å². The van der Waals surface area contributed by atoms with E-state index in [1.165, 1.54) is 24.3 Å². The molecule has 0 aliphatic rings. The van der Waals surface area contributed by atoms with E-state index in [1.807, 2.05) is 19.0 Å². The number of carbonyl (C=O) groups excluding carboxylic acids is 1. The van der Waals surface area contributed by atoms with Crippen molar-refractivity contribution in [2.75, 3.05) is 20.8 Å². The Labute approximate surface area is 132 Å². The molecule has 0 radical (unpaired) electrons. The highest BCUT2D eigenvalue weighted by Gasteiger charge is 2.09. The number of carbonyl (C=O) groups is 1. The minimum atomic E-state index is -0.353. The van der Waals surface area contributed by atoms with Crippen molar-refractivity contribution in [1.29, 1.82) is 0 Å². The van der Waals surface area contributed by atoms with Crippen molar-refractivity contribution < 1.29 is 13.9 Å². The molecule has 0 aliphatic carbocycles. The molecule has 0 amide bonds. The molecule has 0 aliphatic heterocycles. The van der Waals surface area contributed by atoms with Crippen LogP contribution in [-0.2, 0) is 0 Å². The fraction of sp³-hybridized carbons (Fsp3) is 0.278. The zero-order valence-corrected chi connectivity index (χ0v) is 11.5. The molecule has 4 heteroatoms. The van der Waals surface area contributed by atoms with Crippen LogP contribution in [0.15, 0.2) is 48.5 Å². The van der Waals surface area contributed by atoms with Crippen LogP contribution in [0.5, 0.6) is 5.75 Å². The first-order valence-electron chi connectivity index (χ1n) is 6.24. The first kappa shape index (κ1) is 19.8. The van der Waals surface area contributed by atoms with Crippen LogP contribution in [0.25, 0.3) is 0 Å². The highest BCUT2D eigenvalue weighted by atomic mass is 19.1. The molecule has 0 bridgehead atoms. The molecule has 0 saturated heterocycles. The van der Waals surface area contributed by atoms with Gasteiger partial charge in [0.1, 0.15) is 18.3 Å². The van der Waals surface area contributed by atoms with E-state index in [-0.39, 0.29) is 26.5 Å². The summed E-state index contributed by atoms with van der Waals surface area (Å²) in [4.78, 5) is 14.1. The average molecular weight is 305 g/mol. The fourth-order valence-corrected chi connectivity index (χ4v) is 1.67. The Morgan fingerprint density at radius 2 is 1.41 bits per heavy atom. The minimum absolute atomic E-state index is 0. The molecular formula is C18H24FNO2. The van der Waals surface area contributed by atoms with Crippen molar-refractivity contribution >= 4 is 5.78 Å². The molecule has 0 atom stereocenters. The van der Waals surface area contributed by atoms with Gasteiger partial charge in [0.05, 0.1) is 0 Å². The Kier molecular flexibility index (Phi) is 8.05. The highest BCUT2D eigenvalue weighted by molar-refractivity contribution is 6.08. The summed E-state index contributed by atoms with van der Waals surface area (Å²) in [6, 6.07) is 12.4. The van der Waals surface area contributed by atoms with E-state index in [0.29, 0.717) is 23.6 Å². The molecule has 0 heterocycles. The molecule has 2 rings (SSSR count). The van der Waals surface area contributed by atoms with Crippen molar-refractivity contribution in [2.45, 2.75) is 14.9 Å². The second kappa shape index (κ2) is 8.95. The number of hydrogen-bond donors (Lipinski definition) is 0. The SMILES string of the molecule is C.C.CN(C)COc1ccc(C(=O)c2ccc(F)cc2)cc1. The van der Waals surface area contributed by atoms with Crippen LogP contribution in [0.3, 0.4) is 0 Å². The second-order valence-corrected chi connectivity index (χ2v) is 4.71. The molecule has 2 aromatic carbocycles. The molecule has 0 spiro atoms. The third-order valence-electron chi connectivity index (χ3n) is 2.71. The maximum atomic E-state index is 12.8. The first-order chi connectivity index (χ1) is 9.56. The normalized spacial score (nSPS) is 9.64. The Hall–Kier alpha value is -2.20. The lowest BCUT2D eigenvalue weighted by Crippen LogP contribution is -2.18. The van der Waals surface area contributed by atoms with Crippen LogP contribution in [0.4, 0.5) is 4.39 Å². The van der Waals surface area contributed by atoms with E-state index in [0.717, 1.165) is 0 Å². The lowest BCUT2D eigenvalue weighted by atomic mass is 10.0. The third kappa shape index (κ3) is 5.30. The summed E-state index contributed by atoms with van der Waals surface area (Å²) in [6.07, 6.45) is 0. The minimum Gasteiger partial charge on any atom is -0.478 e. The number of ketones is 1. The van der Waals surface area contributed by atoms with Crippen molar-refractivity contribution in [3.05, 3.63) is 65.5 Å². The van der Waals surface area contributed by atoms with Gasteiger partial charge in [-0.25, -0.2) is 4.39 Å². The van der Waals surface area contributed by atoms with Gasteiger partial charge in [0.25, 0.3) is 0 Å². The van der Waals surface area contributed by atoms with Crippen molar-refractivity contribution in [2.24, 2.45) is 0 Å². The first-order valence-corrected chi connectivity index (χ1v) is 6.24. The van der Waals surface area contributed by atoms with E-state index >= 15 is 0 Å². The molecule has 0 unspecified atom stereocenters. The van der Waals surface area contributed by atoms with Gasteiger partial charge in [-0.05, 0) is 62.6 Å². The number of benzene rings is 2. The van der Waals surface area contributed by atoms with Crippen molar-refractivity contribution in [1.82, 2.24) is 4.90 Å². The fourth-order valence-electron chi connectivity index (χ4n) is 1.67. The summed E-state index contributed by atoms with van der Waals surface area (Å²) < 4.78 is 18.3. The smallest absolute Gasteiger partial charge is 0.193 e. The quantitative estimate of drug-likeness (QED) is 0.611. The zero-order valence-electron chi connectivity index (χ0n) is 11.5. The van der Waals surface area contributed by atoms with Crippen molar-refractivity contribution in [3.8, 4) is 5.75 Å².